The Morgan fingerprint density at radius 3 is 1.92 bits per heavy atom. The molecular weight excluding hydrogens is 591 g/mol. The van der Waals surface area contributed by atoms with E-state index >= 15 is 0 Å². The van der Waals surface area contributed by atoms with Crippen molar-refractivity contribution in [3.63, 3.8) is 0 Å². The van der Waals surface area contributed by atoms with E-state index < -0.39 is 5.41 Å². The van der Waals surface area contributed by atoms with Crippen molar-refractivity contribution in [3.8, 4) is 16.8 Å². The molecule has 1 aliphatic heterocycles. The Hall–Kier alpha value is -5.92. The minimum atomic E-state index is -0.499. The molecule has 1 nitrogen and oxygen atoms in total. The Labute approximate surface area is 285 Å². The molecule has 1 aliphatic carbocycles. The Morgan fingerprint density at radius 1 is 0.429 bits per heavy atom. The number of hydrogen-bond donors (Lipinski definition) is 0. The summed E-state index contributed by atoms with van der Waals surface area (Å²) in [6, 6.07) is 61.8. The monoisotopic (exact) mass is 623 g/mol. The summed E-state index contributed by atoms with van der Waals surface area (Å²) in [6.45, 7) is 4.87. The van der Waals surface area contributed by atoms with Crippen LogP contribution in [0.4, 0.5) is 0 Å². The van der Waals surface area contributed by atoms with Crippen LogP contribution in [0.15, 0.2) is 164 Å². The number of nitrogens with zero attached hydrogens (tertiary/aromatic N) is 1. The van der Waals surface area contributed by atoms with E-state index in [0.717, 1.165) is 0 Å². The Balaban J connectivity index is 1.32. The summed E-state index contributed by atoms with van der Waals surface area (Å²) in [5, 5.41) is 7.76. The van der Waals surface area contributed by atoms with Gasteiger partial charge in [0.2, 0.25) is 0 Å². The molecule has 1 atom stereocenters. The van der Waals surface area contributed by atoms with Crippen LogP contribution in [-0.4, -0.2) is 4.57 Å². The number of aromatic nitrogens is 1. The third-order valence-corrected chi connectivity index (χ3v) is 11.8. The Bertz CT molecular complexity index is 2870. The predicted octanol–water partition coefficient (Wildman–Crippen LogP) is 12.1. The molecule has 1 aromatic heterocycles. The summed E-state index contributed by atoms with van der Waals surface area (Å²) < 4.78 is 2.53. The van der Waals surface area contributed by atoms with E-state index in [1.807, 2.05) is 0 Å². The molecule has 11 rings (SSSR count). The lowest BCUT2D eigenvalue weighted by atomic mass is 9.52. The number of hydrogen-bond acceptors (Lipinski definition) is 0. The van der Waals surface area contributed by atoms with Crippen molar-refractivity contribution in [1.82, 2.24) is 4.57 Å². The zero-order chi connectivity index (χ0) is 32.5. The molecule has 1 unspecified atom stereocenters. The highest BCUT2D eigenvalue weighted by atomic mass is 15.0. The van der Waals surface area contributed by atoms with Gasteiger partial charge in [-0.15, -0.1) is 0 Å². The molecular formula is C48H33N. The van der Waals surface area contributed by atoms with Gasteiger partial charge >= 0.3 is 0 Å². The van der Waals surface area contributed by atoms with Crippen molar-refractivity contribution in [3.05, 3.63) is 197 Å². The molecule has 2 heterocycles. The molecule has 0 N–H and O–H groups in total. The molecule has 230 valence electrons. The number of benzene rings is 8. The summed E-state index contributed by atoms with van der Waals surface area (Å²) in [4.78, 5) is 0. The second kappa shape index (κ2) is 9.36. The van der Waals surface area contributed by atoms with Crippen molar-refractivity contribution in [2.24, 2.45) is 0 Å². The SMILES string of the molecule is CC1(C)c2ccccc2C2(c3ccccc3-n3c4ccccc4c4cccc2c43)c2cccc(-c3ccc4ccc5ccccc5c4c3)c21. The minimum absolute atomic E-state index is 0.242. The van der Waals surface area contributed by atoms with Crippen LogP contribution in [-0.2, 0) is 10.8 Å². The highest BCUT2D eigenvalue weighted by Gasteiger charge is 2.53. The van der Waals surface area contributed by atoms with E-state index in [0.29, 0.717) is 0 Å². The van der Waals surface area contributed by atoms with Crippen LogP contribution in [0.3, 0.4) is 0 Å². The van der Waals surface area contributed by atoms with Gasteiger partial charge in [0.25, 0.3) is 0 Å². The van der Waals surface area contributed by atoms with Crippen LogP contribution in [0.25, 0.3) is 60.2 Å². The topological polar surface area (TPSA) is 4.93 Å². The summed E-state index contributed by atoms with van der Waals surface area (Å²) in [5.74, 6) is 0. The summed E-state index contributed by atoms with van der Waals surface area (Å²) in [5.41, 5.74) is 13.9. The summed E-state index contributed by atoms with van der Waals surface area (Å²) >= 11 is 0. The van der Waals surface area contributed by atoms with Crippen molar-refractivity contribution in [1.29, 1.82) is 0 Å². The summed E-state index contributed by atoms with van der Waals surface area (Å²) in [7, 11) is 0. The van der Waals surface area contributed by atoms with Gasteiger partial charge in [-0.25, -0.2) is 0 Å². The van der Waals surface area contributed by atoms with Crippen LogP contribution in [0, 0.1) is 0 Å². The van der Waals surface area contributed by atoms with Gasteiger partial charge in [-0.3, -0.25) is 0 Å². The Morgan fingerprint density at radius 2 is 1.04 bits per heavy atom. The summed E-state index contributed by atoms with van der Waals surface area (Å²) in [6.07, 6.45) is 0. The van der Waals surface area contributed by atoms with Gasteiger partial charge in [0.1, 0.15) is 0 Å². The molecule has 0 radical (unpaired) electrons. The van der Waals surface area contributed by atoms with Crippen LogP contribution in [0.2, 0.25) is 0 Å². The Kier molecular flexibility index (Phi) is 5.17. The third-order valence-electron chi connectivity index (χ3n) is 11.8. The second-order valence-corrected chi connectivity index (χ2v) is 14.4. The first-order chi connectivity index (χ1) is 24.1. The zero-order valence-electron chi connectivity index (χ0n) is 27.5. The van der Waals surface area contributed by atoms with Gasteiger partial charge < -0.3 is 4.57 Å². The first-order valence-electron chi connectivity index (χ1n) is 17.4. The molecule has 0 saturated carbocycles. The largest absolute Gasteiger partial charge is 0.309 e. The third kappa shape index (κ3) is 3.26. The number of rotatable bonds is 1. The van der Waals surface area contributed by atoms with Crippen molar-refractivity contribution < 1.29 is 0 Å². The zero-order valence-corrected chi connectivity index (χ0v) is 27.5. The van der Waals surface area contributed by atoms with Crippen LogP contribution in [0.5, 0.6) is 0 Å². The number of para-hydroxylation sites is 3. The lowest BCUT2D eigenvalue weighted by Crippen LogP contribution is -2.44. The van der Waals surface area contributed by atoms with Gasteiger partial charge in [-0.2, -0.15) is 0 Å². The van der Waals surface area contributed by atoms with E-state index in [1.54, 1.807) is 0 Å². The van der Waals surface area contributed by atoms with Crippen molar-refractivity contribution >= 4 is 43.4 Å². The fraction of sp³-hybridized carbons (Fsp3) is 0.0833. The molecule has 1 heteroatoms. The van der Waals surface area contributed by atoms with Gasteiger partial charge in [-0.05, 0) is 84.3 Å². The molecule has 9 aromatic rings. The van der Waals surface area contributed by atoms with Crippen molar-refractivity contribution in [2.45, 2.75) is 24.7 Å². The quantitative estimate of drug-likeness (QED) is 0.160. The smallest absolute Gasteiger partial charge is 0.0748 e. The van der Waals surface area contributed by atoms with Crippen LogP contribution in [0.1, 0.15) is 47.2 Å². The van der Waals surface area contributed by atoms with Gasteiger partial charge in [-0.1, -0.05) is 159 Å². The predicted molar refractivity (Wildman–Crippen MR) is 205 cm³/mol. The molecule has 0 fully saturated rings. The molecule has 0 saturated heterocycles. The maximum Gasteiger partial charge on any atom is 0.0748 e. The minimum Gasteiger partial charge on any atom is -0.309 e. The molecule has 2 aliphatic rings. The van der Waals surface area contributed by atoms with E-state index in [-0.39, 0.29) is 5.41 Å². The van der Waals surface area contributed by atoms with Gasteiger partial charge in [0.05, 0.1) is 22.1 Å². The van der Waals surface area contributed by atoms with Crippen molar-refractivity contribution in [2.75, 3.05) is 0 Å². The first kappa shape index (κ1) is 27.1. The highest BCUT2D eigenvalue weighted by molar-refractivity contribution is 6.12. The van der Waals surface area contributed by atoms with Gasteiger partial charge in [0, 0.05) is 16.2 Å². The second-order valence-electron chi connectivity index (χ2n) is 14.4. The fourth-order valence-electron chi connectivity index (χ4n) is 9.87. The van der Waals surface area contributed by atoms with E-state index in [2.05, 4.69) is 182 Å². The highest BCUT2D eigenvalue weighted by Crippen LogP contribution is 2.61. The lowest BCUT2D eigenvalue weighted by molar-refractivity contribution is 0.558. The standard InChI is InChI=1S/C48H33N/c1-47(2)38-18-6-7-19-39(38)48(40-20-8-10-24-44(40)49-43-23-9-5-15-35(43)36-17-12-22-42(48)46(36)49)41-21-11-16-34(45(41)47)32-28-27-31-26-25-30-13-3-4-14-33(30)37(31)29-32/h3-29H,1-2H3. The van der Waals surface area contributed by atoms with E-state index in [4.69, 9.17) is 0 Å². The average Bonchev–Trinajstić information content (AvgIpc) is 3.50. The molecule has 49 heavy (non-hydrogen) atoms. The van der Waals surface area contributed by atoms with Crippen LogP contribution >= 0.6 is 0 Å². The average molecular weight is 624 g/mol. The lowest BCUT2D eigenvalue weighted by Gasteiger charge is -2.50. The number of fused-ring (bicyclic) bond motifs is 14. The fourth-order valence-corrected chi connectivity index (χ4v) is 9.87. The maximum atomic E-state index is 2.53. The maximum absolute atomic E-state index is 2.53. The van der Waals surface area contributed by atoms with E-state index in [1.165, 1.54) is 93.5 Å². The molecule has 1 spiro atoms. The van der Waals surface area contributed by atoms with Crippen LogP contribution < -0.4 is 0 Å². The molecule has 8 aromatic carbocycles. The van der Waals surface area contributed by atoms with E-state index in [9.17, 15) is 0 Å². The normalized spacial score (nSPS) is 17.0. The first-order valence-corrected chi connectivity index (χ1v) is 17.4. The molecule has 0 bridgehead atoms. The molecule has 0 amide bonds. The van der Waals surface area contributed by atoms with Gasteiger partial charge in [0.15, 0.2) is 0 Å².